The molecule has 5 nitrogen and oxygen atoms in total. The Hall–Kier alpha value is -1.88. The van der Waals surface area contributed by atoms with E-state index in [1.165, 1.54) is 5.56 Å². The highest BCUT2D eigenvalue weighted by Gasteiger charge is 2.66. The molecule has 25 heavy (non-hydrogen) atoms. The number of benzene rings is 1. The first-order chi connectivity index (χ1) is 11.7. The maximum absolute atomic E-state index is 12.9. The zero-order valence-electron chi connectivity index (χ0n) is 15.7. The molecule has 0 radical (unpaired) electrons. The molecule has 0 bridgehead atoms. The number of amides is 1. The van der Waals surface area contributed by atoms with Crippen molar-refractivity contribution >= 4 is 11.9 Å². The van der Waals surface area contributed by atoms with Crippen LogP contribution in [0.4, 0.5) is 0 Å². The quantitative estimate of drug-likeness (QED) is 0.746. The zero-order chi connectivity index (χ0) is 18.6. The first-order valence-corrected chi connectivity index (χ1v) is 8.95. The lowest BCUT2D eigenvalue weighted by Gasteiger charge is -2.25. The number of hydrogen-bond acceptors (Lipinski definition) is 3. The predicted molar refractivity (Wildman–Crippen MR) is 98.3 cm³/mol. The van der Waals surface area contributed by atoms with Crippen LogP contribution < -0.4 is 0 Å². The lowest BCUT2D eigenvalue weighted by Crippen LogP contribution is -2.39. The standard InChI is InChI=1S/C20H30N2O3/c1-20(2)16(17(20)19(24)25)18(23)22(14-13-21(3)4)12-8-11-15-9-6-5-7-10-15/h5-7,9-10,16-17H,8,11-14H2,1-4H3,(H,24,25)/t16-,17+/m0/s1. The number of carboxylic acid groups (broad SMARTS) is 1. The van der Waals surface area contributed by atoms with Crippen LogP contribution in [0.1, 0.15) is 25.8 Å². The Bertz CT molecular complexity index is 598. The number of rotatable bonds is 9. The molecule has 1 aromatic rings. The number of likely N-dealkylation sites (N-methyl/N-ethyl adjacent to an activating group) is 1. The van der Waals surface area contributed by atoms with Gasteiger partial charge in [-0.05, 0) is 37.9 Å². The zero-order valence-corrected chi connectivity index (χ0v) is 15.7. The third-order valence-corrected chi connectivity index (χ3v) is 5.22. The summed E-state index contributed by atoms with van der Waals surface area (Å²) in [6, 6.07) is 10.2. The van der Waals surface area contributed by atoms with Gasteiger partial charge in [0.1, 0.15) is 0 Å². The van der Waals surface area contributed by atoms with E-state index >= 15 is 0 Å². The summed E-state index contributed by atoms with van der Waals surface area (Å²) < 4.78 is 0. The molecule has 0 unspecified atom stereocenters. The molecule has 1 saturated carbocycles. The molecule has 1 aliphatic carbocycles. The summed E-state index contributed by atoms with van der Waals surface area (Å²) in [5, 5.41) is 9.35. The minimum atomic E-state index is -0.861. The molecule has 5 heteroatoms. The van der Waals surface area contributed by atoms with Gasteiger partial charge in [-0.2, -0.15) is 0 Å². The van der Waals surface area contributed by atoms with E-state index in [0.717, 1.165) is 19.4 Å². The smallest absolute Gasteiger partial charge is 0.307 e. The summed E-state index contributed by atoms with van der Waals surface area (Å²) in [5.74, 6) is -1.83. The van der Waals surface area contributed by atoms with E-state index in [0.29, 0.717) is 13.1 Å². The third-order valence-electron chi connectivity index (χ3n) is 5.22. The Morgan fingerprint density at radius 2 is 1.68 bits per heavy atom. The van der Waals surface area contributed by atoms with Crippen molar-refractivity contribution in [3.05, 3.63) is 35.9 Å². The fourth-order valence-electron chi connectivity index (χ4n) is 3.53. The molecule has 0 aromatic heterocycles. The van der Waals surface area contributed by atoms with Crippen molar-refractivity contribution in [2.75, 3.05) is 33.7 Å². The minimum absolute atomic E-state index is 0.00712. The Morgan fingerprint density at radius 1 is 1.04 bits per heavy atom. The maximum Gasteiger partial charge on any atom is 0.307 e. The molecule has 1 aliphatic rings. The number of hydrogen-bond donors (Lipinski definition) is 1. The van der Waals surface area contributed by atoms with E-state index in [4.69, 9.17) is 0 Å². The maximum atomic E-state index is 12.9. The van der Waals surface area contributed by atoms with Gasteiger partial charge in [-0.3, -0.25) is 9.59 Å². The van der Waals surface area contributed by atoms with Gasteiger partial charge in [0.2, 0.25) is 5.91 Å². The Kier molecular flexibility index (Phi) is 6.22. The average molecular weight is 346 g/mol. The number of carbonyl (C=O) groups excluding carboxylic acids is 1. The van der Waals surface area contributed by atoms with Gasteiger partial charge in [-0.1, -0.05) is 44.2 Å². The van der Waals surface area contributed by atoms with Gasteiger partial charge in [0.15, 0.2) is 0 Å². The molecule has 138 valence electrons. The van der Waals surface area contributed by atoms with Gasteiger partial charge in [0.05, 0.1) is 11.8 Å². The molecule has 2 rings (SSSR count). The molecule has 1 fully saturated rings. The van der Waals surface area contributed by atoms with Crippen LogP contribution in [-0.2, 0) is 16.0 Å². The number of carbonyl (C=O) groups is 2. The Labute approximate surface area is 150 Å². The van der Waals surface area contributed by atoms with Crippen molar-refractivity contribution < 1.29 is 14.7 Å². The van der Waals surface area contributed by atoms with Gasteiger partial charge in [-0.25, -0.2) is 0 Å². The van der Waals surface area contributed by atoms with Crippen LogP contribution >= 0.6 is 0 Å². The fraction of sp³-hybridized carbons (Fsp3) is 0.600. The van der Waals surface area contributed by atoms with E-state index in [2.05, 4.69) is 12.1 Å². The molecule has 0 spiro atoms. The summed E-state index contributed by atoms with van der Waals surface area (Å²) in [4.78, 5) is 28.2. The number of nitrogens with zero attached hydrogens (tertiary/aromatic N) is 2. The van der Waals surface area contributed by atoms with Crippen LogP contribution in [0.5, 0.6) is 0 Å². The number of carboxylic acids is 1. The normalized spacial score (nSPS) is 21.2. The Morgan fingerprint density at radius 3 is 2.20 bits per heavy atom. The SMILES string of the molecule is CN(C)CCN(CCCc1ccccc1)C(=O)[C@@H]1[C@H](C(=O)O)C1(C)C. The van der Waals surface area contributed by atoms with Crippen LogP contribution in [0.2, 0.25) is 0 Å². The highest BCUT2D eigenvalue weighted by molar-refractivity contribution is 5.91. The van der Waals surface area contributed by atoms with E-state index in [1.54, 1.807) is 0 Å². The monoisotopic (exact) mass is 346 g/mol. The summed E-state index contributed by atoms with van der Waals surface area (Å²) >= 11 is 0. The lowest BCUT2D eigenvalue weighted by molar-refractivity contribution is -0.142. The lowest BCUT2D eigenvalue weighted by atomic mass is 10.1. The second kappa shape index (κ2) is 8.00. The molecular weight excluding hydrogens is 316 g/mol. The summed E-state index contributed by atoms with van der Waals surface area (Å²) in [5.41, 5.74) is 0.816. The van der Waals surface area contributed by atoms with Crippen molar-refractivity contribution in [2.45, 2.75) is 26.7 Å². The fourth-order valence-corrected chi connectivity index (χ4v) is 3.53. The van der Waals surface area contributed by atoms with E-state index in [-0.39, 0.29) is 5.91 Å². The van der Waals surface area contributed by atoms with Gasteiger partial charge < -0.3 is 14.9 Å². The van der Waals surface area contributed by atoms with E-state index < -0.39 is 23.2 Å². The van der Waals surface area contributed by atoms with Crippen LogP contribution in [0.25, 0.3) is 0 Å². The van der Waals surface area contributed by atoms with E-state index in [1.807, 2.05) is 55.9 Å². The van der Waals surface area contributed by atoms with Crippen LogP contribution in [0.3, 0.4) is 0 Å². The van der Waals surface area contributed by atoms with Crippen molar-refractivity contribution in [3.63, 3.8) is 0 Å². The number of aliphatic carboxylic acids is 1. The third kappa shape index (κ3) is 4.82. The van der Waals surface area contributed by atoms with Crippen LogP contribution in [0, 0.1) is 17.3 Å². The molecule has 1 N–H and O–H groups in total. The van der Waals surface area contributed by atoms with Crippen molar-refractivity contribution in [1.29, 1.82) is 0 Å². The van der Waals surface area contributed by atoms with Crippen molar-refractivity contribution in [3.8, 4) is 0 Å². The van der Waals surface area contributed by atoms with Gasteiger partial charge in [0, 0.05) is 19.6 Å². The molecule has 0 heterocycles. The first kappa shape index (κ1) is 19.4. The molecule has 0 aliphatic heterocycles. The largest absolute Gasteiger partial charge is 0.481 e. The van der Waals surface area contributed by atoms with Crippen molar-refractivity contribution in [1.82, 2.24) is 9.80 Å². The van der Waals surface area contributed by atoms with Gasteiger partial charge in [0.25, 0.3) is 0 Å². The molecule has 2 atom stereocenters. The molecule has 1 aromatic carbocycles. The molecule has 0 saturated heterocycles. The highest BCUT2D eigenvalue weighted by Crippen LogP contribution is 2.59. The topological polar surface area (TPSA) is 60.9 Å². The average Bonchev–Trinajstić information content (AvgIpc) is 3.13. The van der Waals surface area contributed by atoms with Crippen molar-refractivity contribution in [2.24, 2.45) is 17.3 Å². The highest BCUT2D eigenvalue weighted by atomic mass is 16.4. The second-order valence-electron chi connectivity index (χ2n) is 7.83. The molecule has 1 amide bonds. The minimum Gasteiger partial charge on any atom is -0.481 e. The van der Waals surface area contributed by atoms with Gasteiger partial charge in [-0.15, -0.1) is 0 Å². The van der Waals surface area contributed by atoms with Gasteiger partial charge >= 0.3 is 5.97 Å². The second-order valence-corrected chi connectivity index (χ2v) is 7.83. The van der Waals surface area contributed by atoms with E-state index in [9.17, 15) is 14.7 Å². The predicted octanol–water partition coefficient (Wildman–Crippen LogP) is 2.37. The number of aryl methyl sites for hydroxylation is 1. The van der Waals surface area contributed by atoms with Crippen LogP contribution in [0.15, 0.2) is 30.3 Å². The van der Waals surface area contributed by atoms with Crippen LogP contribution in [-0.4, -0.2) is 60.5 Å². The summed E-state index contributed by atoms with van der Waals surface area (Å²) in [6.07, 6.45) is 1.80. The summed E-state index contributed by atoms with van der Waals surface area (Å²) in [7, 11) is 3.96. The molecular formula is C20H30N2O3. The first-order valence-electron chi connectivity index (χ1n) is 8.95. The Balaban J connectivity index is 1.97. The summed E-state index contributed by atoms with van der Waals surface area (Å²) in [6.45, 7) is 5.84.